The van der Waals surface area contributed by atoms with Crippen molar-refractivity contribution in [1.29, 1.82) is 0 Å². The Labute approximate surface area is 202 Å². The largest absolute Gasteiger partial charge is 0.352 e. The van der Waals surface area contributed by atoms with Crippen LogP contribution >= 0.6 is 0 Å². The Morgan fingerprint density at radius 1 is 1.22 bits per heavy atom. The van der Waals surface area contributed by atoms with Crippen LogP contribution in [0.3, 0.4) is 0 Å². The van der Waals surface area contributed by atoms with E-state index in [1.807, 2.05) is 0 Å². The minimum atomic E-state index is -3.75. The second-order valence-corrected chi connectivity index (χ2v) is 10.5. The molecule has 4 aromatic rings. The molecule has 10 nitrogen and oxygen atoms in total. The van der Waals surface area contributed by atoms with Crippen LogP contribution in [0, 0.1) is 5.92 Å². The van der Waals surface area contributed by atoms with E-state index in [9.17, 15) is 26.4 Å². The number of imidazole rings is 2. The summed E-state index contributed by atoms with van der Waals surface area (Å²) < 4.78 is 67.0. The van der Waals surface area contributed by atoms with Crippen molar-refractivity contribution in [2.45, 2.75) is 23.9 Å². The van der Waals surface area contributed by atoms with E-state index in [-0.39, 0.29) is 39.7 Å². The first-order chi connectivity index (χ1) is 17.0. The molecule has 3 N–H and O–H groups in total. The maximum atomic E-state index is 13.3. The van der Waals surface area contributed by atoms with Gasteiger partial charge in [0.25, 0.3) is 6.43 Å². The standard InChI is InChI=1S/C22H20F3N7O3S/c1-32-9-26-8-15(32)10-3-4-13(16(5-10)36(2,34)35)27-14-7-17(29-22(33)11-6-12(11)23)28-20-18(14)30-21(31-20)19(24)25/h3-5,7-9,11-12,19H,6H2,1-2H3,(H3,27,28,29,30,31,33)/t11-,12+/m1/s1. The number of amides is 1. The summed E-state index contributed by atoms with van der Waals surface area (Å²) in [6.07, 6.45) is 0.150. The third-order valence-corrected chi connectivity index (χ3v) is 6.88. The Kier molecular flexibility index (Phi) is 5.70. The van der Waals surface area contributed by atoms with Gasteiger partial charge in [-0.15, -0.1) is 0 Å². The SMILES string of the molecule is Cn1cncc1-c1ccc(Nc2cc(NC(=O)[C@@H]3C[C@@H]3F)nc3[nH]c(C(F)F)nc23)c(S(C)(=O)=O)c1. The number of carbonyl (C=O) groups is 1. The van der Waals surface area contributed by atoms with E-state index in [1.165, 1.54) is 18.2 Å². The number of pyridine rings is 1. The number of hydrogen-bond donors (Lipinski definition) is 3. The lowest BCUT2D eigenvalue weighted by atomic mass is 10.1. The van der Waals surface area contributed by atoms with Crippen LogP contribution in [0.1, 0.15) is 18.7 Å². The number of aromatic nitrogens is 5. The summed E-state index contributed by atoms with van der Waals surface area (Å²) >= 11 is 0. The van der Waals surface area contributed by atoms with E-state index in [1.54, 1.807) is 30.2 Å². The van der Waals surface area contributed by atoms with Gasteiger partial charge in [-0.2, -0.15) is 0 Å². The molecule has 1 aromatic carbocycles. The number of H-pyrrole nitrogens is 1. The number of anilines is 3. The zero-order valence-electron chi connectivity index (χ0n) is 19.0. The summed E-state index contributed by atoms with van der Waals surface area (Å²) in [7, 11) is -1.98. The lowest BCUT2D eigenvalue weighted by Gasteiger charge is -2.14. The number of benzene rings is 1. The van der Waals surface area contributed by atoms with Crippen molar-refractivity contribution >= 4 is 44.1 Å². The Morgan fingerprint density at radius 3 is 2.58 bits per heavy atom. The Balaban J connectivity index is 1.59. The number of nitrogens with one attached hydrogen (secondary N) is 3. The fourth-order valence-corrected chi connectivity index (χ4v) is 4.66. The predicted octanol–water partition coefficient (Wildman–Crippen LogP) is 3.74. The van der Waals surface area contributed by atoms with Gasteiger partial charge in [0, 0.05) is 24.9 Å². The van der Waals surface area contributed by atoms with Gasteiger partial charge in [0.1, 0.15) is 17.5 Å². The highest BCUT2D eigenvalue weighted by Gasteiger charge is 2.43. The summed E-state index contributed by atoms with van der Waals surface area (Å²) in [5, 5.41) is 5.41. The second-order valence-electron chi connectivity index (χ2n) is 8.52. The first-order valence-corrected chi connectivity index (χ1v) is 12.6. The van der Waals surface area contributed by atoms with Crippen LogP contribution in [0.25, 0.3) is 22.4 Å². The molecule has 1 aliphatic carbocycles. The van der Waals surface area contributed by atoms with Crippen LogP contribution in [-0.4, -0.2) is 51.3 Å². The molecule has 2 atom stereocenters. The van der Waals surface area contributed by atoms with E-state index in [0.717, 1.165) is 6.26 Å². The highest BCUT2D eigenvalue weighted by molar-refractivity contribution is 7.90. The number of aryl methyl sites for hydroxylation is 1. The number of hydrogen-bond acceptors (Lipinski definition) is 7. The van der Waals surface area contributed by atoms with Crippen molar-refractivity contribution in [2.75, 3.05) is 16.9 Å². The molecule has 1 amide bonds. The molecular formula is C22H20F3N7O3S. The number of aromatic amines is 1. The first kappa shape index (κ1) is 23.8. The quantitative estimate of drug-likeness (QED) is 0.339. The van der Waals surface area contributed by atoms with Crippen LogP contribution in [0.2, 0.25) is 0 Å². The van der Waals surface area contributed by atoms with Gasteiger partial charge in [0.05, 0.1) is 40.4 Å². The zero-order valence-corrected chi connectivity index (χ0v) is 19.8. The minimum absolute atomic E-state index is 0.00764. The average Bonchev–Trinajstić information content (AvgIpc) is 3.16. The highest BCUT2D eigenvalue weighted by atomic mass is 32.2. The lowest BCUT2D eigenvalue weighted by Crippen LogP contribution is -2.16. The van der Waals surface area contributed by atoms with Crippen LogP contribution < -0.4 is 10.6 Å². The zero-order chi connectivity index (χ0) is 25.8. The van der Waals surface area contributed by atoms with Gasteiger partial charge >= 0.3 is 0 Å². The minimum Gasteiger partial charge on any atom is -0.352 e. The molecular weight excluding hydrogens is 499 g/mol. The number of alkyl halides is 3. The van der Waals surface area contributed by atoms with Crippen molar-refractivity contribution in [3.63, 3.8) is 0 Å². The maximum Gasteiger partial charge on any atom is 0.295 e. The van der Waals surface area contributed by atoms with E-state index >= 15 is 0 Å². The van der Waals surface area contributed by atoms with Gasteiger partial charge in [-0.1, -0.05) is 6.07 Å². The molecule has 0 bridgehead atoms. The number of nitrogens with zero attached hydrogens (tertiary/aromatic N) is 4. The fourth-order valence-electron chi connectivity index (χ4n) is 3.80. The monoisotopic (exact) mass is 519 g/mol. The topological polar surface area (TPSA) is 135 Å². The summed E-state index contributed by atoms with van der Waals surface area (Å²) in [6, 6.07) is 6.01. The van der Waals surface area contributed by atoms with Crippen molar-refractivity contribution in [2.24, 2.45) is 13.0 Å². The molecule has 0 unspecified atom stereocenters. The van der Waals surface area contributed by atoms with Crippen LogP contribution in [0.5, 0.6) is 0 Å². The molecule has 1 fully saturated rings. The van der Waals surface area contributed by atoms with Crippen molar-refractivity contribution < 1.29 is 26.4 Å². The molecule has 14 heteroatoms. The van der Waals surface area contributed by atoms with E-state index in [4.69, 9.17) is 0 Å². The Bertz CT molecular complexity index is 1600. The lowest BCUT2D eigenvalue weighted by molar-refractivity contribution is -0.117. The molecule has 1 saturated carbocycles. The van der Waals surface area contributed by atoms with E-state index in [0.29, 0.717) is 11.3 Å². The van der Waals surface area contributed by atoms with E-state index in [2.05, 4.69) is 30.6 Å². The second kappa shape index (κ2) is 8.62. The average molecular weight is 520 g/mol. The first-order valence-electron chi connectivity index (χ1n) is 10.7. The highest BCUT2D eigenvalue weighted by Crippen LogP contribution is 2.36. The summed E-state index contributed by atoms with van der Waals surface area (Å²) in [4.78, 5) is 26.6. The van der Waals surface area contributed by atoms with Gasteiger partial charge in [-0.25, -0.2) is 36.5 Å². The van der Waals surface area contributed by atoms with E-state index < -0.39 is 40.1 Å². The maximum absolute atomic E-state index is 13.3. The molecule has 3 aromatic heterocycles. The number of carbonyl (C=O) groups excluding carboxylic acids is 1. The molecule has 5 rings (SSSR count). The summed E-state index contributed by atoms with van der Waals surface area (Å²) in [5.74, 6) is -2.07. The molecule has 0 aliphatic heterocycles. The molecule has 0 saturated heterocycles. The summed E-state index contributed by atoms with van der Waals surface area (Å²) in [5.41, 5.74) is 1.49. The number of rotatable bonds is 7. The molecule has 188 valence electrons. The van der Waals surface area contributed by atoms with Crippen molar-refractivity contribution in [1.82, 2.24) is 24.5 Å². The molecule has 3 heterocycles. The van der Waals surface area contributed by atoms with Gasteiger partial charge in [0.15, 0.2) is 21.3 Å². The Morgan fingerprint density at radius 2 is 1.97 bits per heavy atom. The number of fused-ring (bicyclic) bond motifs is 1. The van der Waals surface area contributed by atoms with Crippen LogP contribution in [0.15, 0.2) is 41.7 Å². The normalized spacial score (nSPS) is 17.5. The third kappa shape index (κ3) is 4.51. The van der Waals surface area contributed by atoms with Gasteiger partial charge in [0.2, 0.25) is 5.91 Å². The van der Waals surface area contributed by atoms with Crippen LogP contribution in [0.4, 0.5) is 30.4 Å². The van der Waals surface area contributed by atoms with Crippen molar-refractivity contribution in [3.8, 4) is 11.3 Å². The van der Waals surface area contributed by atoms with Crippen LogP contribution in [-0.2, 0) is 21.7 Å². The van der Waals surface area contributed by atoms with Gasteiger partial charge < -0.3 is 20.2 Å². The van der Waals surface area contributed by atoms with Crippen molar-refractivity contribution in [3.05, 3.63) is 42.6 Å². The fraction of sp³-hybridized carbons (Fsp3) is 0.273. The number of halogens is 3. The molecule has 0 radical (unpaired) electrons. The summed E-state index contributed by atoms with van der Waals surface area (Å²) in [6.45, 7) is 0. The number of sulfone groups is 1. The third-order valence-electron chi connectivity index (χ3n) is 5.74. The molecule has 1 aliphatic rings. The Hall–Kier alpha value is -3.94. The smallest absolute Gasteiger partial charge is 0.295 e. The molecule has 0 spiro atoms. The van der Waals surface area contributed by atoms with Gasteiger partial charge in [-0.3, -0.25) is 4.79 Å². The molecule has 36 heavy (non-hydrogen) atoms. The van der Waals surface area contributed by atoms with Gasteiger partial charge in [-0.05, 0) is 18.6 Å². The predicted molar refractivity (Wildman–Crippen MR) is 126 cm³/mol.